The van der Waals surface area contributed by atoms with Gasteiger partial charge in [0.15, 0.2) is 3.79 Å². The summed E-state index contributed by atoms with van der Waals surface area (Å²) in [4.78, 5) is 0. The zero-order valence-electron chi connectivity index (χ0n) is 8.10. The molecule has 0 fully saturated rings. The summed E-state index contributed by atoms with van der Waals surface area (Å²) in [5.74, 6) is 0. The number of hydrogen-bond donors (Lipinski definition) is 0. The van der Waals surface area contributed by atoms with E-state index in [9.17, 15) is 0 Å². The van der Waals surface area contributed by atoms with Crippen LogP contribution in [0, 0.1) is 0 Å². The minimum absolute atomic E-state index is 0.0993. The highest BCUT2D eigenvalue weighted by atomic mass is 35.6. The molecule has 1 aromatic rings. The van der Waals surface area contributed by atoms with Crippen LogP contribution in [0.4, 0.5) is 0 Å². The number of benzene rings is 1. The first-order valence-electron chi connectivity index (χ1n) is 4.72. The molecule has 0 bridgehead atoms. The topological polar surface area (TPSA) is 0 Å². The van der Waals surface area contributed by atoms with E-state index < -0.39 is 3.79 Å². The number of hydrogen-bond acceptors (Lipinski definition) is 0. The first kappa shape index (κ1) is 13.4. The van der Waals surface area contributed by atoms with Gasteiger partial charge < -0.3 is 0 Å². The molecule has 0 saturated heterocycles. The number of alkyl halides is 4. The Morgan fingerprint density at radius 3 is 2.20 bits per heavy atom. The molecule has 0 aliphatic carbocycles. The van der Waals surface area contributed by atoms with E-state index >= 15 is 0 Å². The Morgan fingerprint density at radius 2 is 1.67 bits per heavy atom. The van der Waals surface area contributed by atoms with E-state index in [0.717, 1.165) is 12.8 Å². The molecule has 0 radical (unpaired) electrons. The van der Waals surface area contributed by atoms with E-state index in [0.29, 0.717) is 6.42 Å². The summed E-state index contributed by atoms with van der Waals surface area (Å²) in [5, 5.41) is -0.0993. The maximum Gasteiger partial charge on any atom is 0.192 e. The SMILES string of the molecule is ClC(CCc1ccccc1)CC(Cl)(Cl)Cl. The zero-order valence-corrected chi connectivity index (χ0v) is 11.1. The van der Waals surface area contributed by atoms with Crippen molar-refractivity contribution in [3.05, 3.63) is 35.9 Å². The molecule has 15 heavy (non-hydrogen) atoms. The van der Waals surface area contributed by atoms with Crippen molar-refractivity contribution in [3.8, 4) is 0 Å². The van der Waals surface area contributed by atoms with Crippen LogP contribution < -0.4 is 0 Å². The van der Waals surface area contributed by atoms with Gasteiger partial charge in [0.2, 0.25) is 0 Å². The summed E-state index contributed by atoms with van der Waals surface area (Å²) in [7, 11) is 0. The molecule has 4 heteroatoms. The third kappa shape index (κ3) is 6.52. The largest absolute Gasteiger partial charge is 0.192 e. The molecule has 0 saturated carbocycles. The van der Waals surface area contributed by atoms with E-state index in [-0.39, 0.29) is 5.38 Å². The van der Waals surface area contributed by atoms with Gasteiger partial charge in [-0.25, -0.2) is 0 Å². The van der Waals surface area contributed by atoms with Crippen molar-refractivity contribution in [1.82, 2.24) is 0 Å². The van der Waals surface area contributed by atoms with Crippen molar-refractivity contribution in [1.29, 1.82) is 0 Å². The minimum Gasteiger partial charge on any atom is -0.123 e. The maximum absolute atomic E-state index is 6.06. The highest BCUT2D eigenvalue weighted by molar-refractivity contribution is 6.67. The fourth-order valence-electron chi connectivity index (χ4n) is 1.32. The van der Waals surface area contributed by atoms with Crippen LogP contribution in [-0.2, 0) is 6.42 Å². The average molecular weight is 286 g/mol. The van der Waals surface area contributed by atoms with Crippen molar-refractivity contribution < 1.29 is 0 Å². The van der Waals surface area contributed by atoms with Crippen LogP contribution in [0.3, 0.4) is 0 Å². The molecular weight excluding hydrogens is 274 g/mol. The number of halogens is 4. The summed E-state index contributed by atoms with van der Waals surface area (Å²) < 4.78 is -1.25. The van der Waals surface area contributed by atoms with Gasteiger partial charge in [0.25, 0.3) is 0 Å². The predicted octanol–water partition coefficient (Wildman–Crippen LogP) is 4.99. The van der Waals surface area contributed by atoms with E-state index in [1.54, 1.807) is 0 Å². The third-order valence-electron chi connectivity index (χ3n) is 2.04. The average Bonchev–Trinajstić information content (AvgIpc) is 2.14. The Balaban J connectivity index is 2.32. The van der Waals surface area contributed by atoms with E-state index in [1.807, 2.05) is 18.2 Å². The van der Waals surface area contributed by atoms with Crippen LogP contribution in [-0.4, -0.2) is 9.17 Å². The smallest absolute Gasteiger partial charge is 0.123 e. The highest BCUT2D eigenvalue weighted by Gasteiger charge is 2.23. The summed E-state index contributed by atoms with van der Waals surface area (Å²) in [6.07, 6.45) is 2.11. The van der Waals surface area contributed by atoms with Crippen molar-refractivity contribution in [2.24, 2.45) is 0 Å². The fourth-order valence-corrected chi connectivity index (χ4v) is 2.46. The molecule has 0 aliphatic heterocycles. The summed E-state index contributed by atoms with van der Waals surface area (Å²) in [6, 6.07) is 10.1. The number of aryl methyl sites for hydroxylation is 1. The first-order chi connectivity index (χ1) is 6.97. The summed E-state index contributed by atoms with van der Waals surface area (Å²) >= 11 is 23.0. The Hall–Kier alpha value is 0.380. The Bertz CT molecular complexity index is 278. The molecule has 1 rings (SSSR count). The van der Waals surface area contributed by atoms with Crippen molar-refractivity contribution in [2.75, 3.05) is 0 Å². The van der Waals surface area contributed by atoms with Crippen LogP contribution in [0.5, 0.6) is 0 Å². The molecule has 84 valence electrons. The van der Waals surface area contributed by atoms with Gasteiger partial charge in [0.1, 0.15) is 0 Å². The third-order valence-corrected chi connectivity index (χ3v) is 2.88. The maximum atomic E-state index is 6.06. The lowest BCUT2D eigenvalue weighted by Crippen LogP contribution is -2.12. The molecule has 0 aromatic heterocycles. The lowest BCUT2D eigenvalue weighted by atomic mass is 10.1. The van der Waals surface area contributed by atoms with Crippen LogP contribution >= 0.6 is 46.4 Å². The first-order valence-corrected chi connectivity index (χ1v) is 6.29. The standard InChI is InChI=1S/C11H12Cl4/c12-10(8-11(13,14)15)7-6-9-4-2-1-3-5-9/h1-5,10H,6-8H2. The van der Waals surface area contributed by atoms with Crippen LogP contribution in [0.15, 0.2) is 30.3 Å². The van der Waals surface area contributed by atoms with Crippen LogP contribution in [0.1, 0.15) is 18.4 Å². The Kier molecular flexibility index (Phi) is 5.56. The minimum atomic E-state index is -1.25. The molecule has 0 N–H and O–H groups in total. The monoisotopic (exact) mass is 284 g/mol. The fraction of sp³-hybridized carbons (Fsp3) is 0.455. The van der Waals surface area contributed by atoms with Gasteiger partial charge in [-0.05, 0) is 18.4 Å². The second kappa shape index (κ2) is 6.20. The van der Waals surface area contributed by atoms with Crippen molar-refractivity contribution in [3.63, 3.8) is 0 Å². The molecule has 0 amide bonds. The van der Waals surface area contributed by atoms with Gasteiger partial charge in [-0.1, -0.05) is 65.1 Å². The molecule has 1 unspecified atom stereocenters. The second-order valence-corrected chi connectivity index (χ2v) is 6.57. The molecule has 0 spiro atoms. The zero-order chi connectivity index (χ0) is 11.3. The molecule has 0 nitrogen and oxygen atoms in total. The molecule has 0 aliphatic rings. The highest BCUT2D eigenvalue weighted by Crippen LogP contribution is 2.34. The van der Waals surface area contributed by atoms with E-state index in [2.05, 4.69) is 12.1 Å². The van der Waals surface area contributed by atoms with Gasteiger partial charge in [0, 0.05) is 11.8 Å². The van der Waals surface area contributed by atoms with Gasteiger partial charge in [-0.2, -0.15) is 0 Å². The molecule has 1 aromatic carbocycles. The molecule has 0 heterocycles. The Morgan fingerprint density at radius 1 is 1.07 bits per heavy atom. The molecule has 1 atom stereocenters. The lowest BCUT2D eigenvalue weighted by molar-refractivity contribution is 0.699. The van der Waals surface area contributed by atoms with Gasteiger partial charge >= 0.3 is 0 Å². The Labute approximate surface area is 110 Å². The van der Waals surface area contributed by atoms with E-state index in [1.165, 1.54) is 5.56 Å². The van der Waals surface area contributed by atoms with Crippen molar-refractivity contribution in [2.45, 2.75) is 28.4 Å². The lowest BCUT2D eigenvalue weighted by Gasteiger charge is -2.15. The van der Waals surface area contributed by atoms with E-state index in [4.69, 9.17) is 46.4 Å². The quantitative estimate of drug-likeness (QED) is 0.684. The van der Waals surface area contributed by atoms with Gasteiger partial charge in [-0.3, -0.25) is 0 Å². The predicted molar refractivity (Wildman–Crippen MR) is 69.3 cm³/mol. The van der Waals surface area contributed by atoms with Crippen LogP contribution in [0.2, 0.25) is 0 Å². The van der Waals surface area contributed by atoms with Gasteiger partial charge in [-0.15, -0.1) is 11.6 Å². The summed E-state index contributed by atoms with van der Waals surface area (Å²) in [6.45, 7) is 0. The number of rotatable bonds is 4. The normalized spacial score (nSPS) is 13.9. The van der Waals surface area contributed by atoms with Gasteiger partial charge in [0.05, 0.1) is 0 Å². The van der Waals surface area contributed by atoms with Crippen molar-refractivity contribution >= 4 is 46.4 Å². The second-order valence-electron chi connectivity index (χ2n) is 3.44. The molecular formula is C11H12Cl4. The van der Waals surface area contributed by atoms with Crippen LogP contribution in [0.25, 0.3) is 0 Å². The summed E-state index contributed by atoms with van der Waals surface area (Å²) in [5.41, 5.74) is 1.26.